The molecule has 0 spiro atoms. The van der Waals surface area contributed by atoms with Crippen molar-refractivity contribution in [2.45, 2.75) is 0 Å². The molecule has 2 amide bonds. The molecule has 0 saturated heterocycles. The molecule has 0 bridgehead atoms. The average molecular weight is 272 g/mol. The molecule has 0 unspecified atom stereocenters. The van der Waals surface area contributed by atoms with Gasteiger partial charge in [-0.15, -0.1) is 0 Å². The standard InChI is InChI=1S/C13H12N4O3/c14-10-4-2-1-3-9(10)12(18)16-8-5-6-11(15-7-8)17-13(19)20/h1-7H,14H2,(H,15,17)(H,16,18)(H,19,20). The van der Waals surface area contributed by atoms with Crippen LogP contribution in [0.15, 0.2) is 42.6 Å². The van der Waals surface area contributed by atoms with Crippen molar-refractivity contribution in [1.82, 2.24) is 4.98 Å². The van der Waals surface area contributed by atoms with Crippen molar-refractivity contribution in [1.29, 1.82) is 0 Å². The number of nitrogens with zero attached hydrogens (tertiary/aromatic N) is 1. The zero-order chi connectivity index (χ0) is 14.5. The lowest BCUT2D eigenvalue weighted by molar-refractivity contribution is 0.102. The molecule has 2 aromatic rings. The molecular formula is C13H12N4O3. The number of aromatic nitrogens is 1. The van der Waals surface area contributed by atoms with Crippen molar-refractivity contribution in [3.8, 4) is 0 Å². The topological polar surface area (TPSA) is 117 Å². The minimum absolute atomic E-state index is 0.176. The monoisotopic (exact) mass is 272 g/mol. The Morgan fingerprint density at radius 3 is 2.45 bits per heavy atom. The van der Waals surface area contributed by atoms with Crippen LogP contribution in [0.2, 0.25) is 0 Å². The first-order valence-corrected chi connectivity index (χ1v) is 5.68. The SMILES string of the molecule is Nc1ccccc1C(=O)Nc1ccc(NC(=O)O)nc1. The van der Waals surface area contributed by atoms with Crippen LogP contribution in [0.1, 0.15) is 10.4 Å². The highest BCUT2D eigenvalue weighted by Gasteiger charge is 2.09. The Morgan fingerprint density at radius 2 is 1.85 bits per heavy atom. The van der Waals surface area contributed by atoms with Crippen LogP contribution >= 0.6 is 0 Å². The first-order valence-electron chi connectivity index (χ1n) is 5.68. The Hall–Kier alpha value is -3.09. The third kappa shape index (κ3) is 3.22. The van der Waals surface area contributed by atoms with Crippen LogP contribution in [0.25, 0.3) is 0 Å². The van der Waals surface area contributed by atoms with E-state index in [1.165, 1.54) is 18.3 Å². The summed E-state index contributed by atoms with van der Waals surface area (Å²) in [5.74, 6) is -0.182. The first-order chi connectivity index (χ1) is 9.56. The van der Waals surface area contributed by atoms with Gasteiger partial charge in [-0.05, 0) is 24.3 Å². The molecule has 5 N–H and O–H groups in total. The molecule has 0 aliphatic rings. The smallest absolute Gasteiger partial charge is 0.410 e. The summed E-state index contributed by atoms with van der Waals surface area (Å²) in [6, 6.07) is 9.67. The summed E-state index contributed by atoms with van der Waals surface area (Å²) in [4.78, 5) is 26.2. The van der Waals surface area contributed by atoms with E-state index in [4.69, 9.17) is 10.8 Å². The van der Waals surface area contributed by atoms with Crippen molar-refractivity contribution in [3.05, 3.63) is 48.2 Å². The molecule has 1 aromatic carbocycles. The van der Waals surface area contributed by atoms with E-state index < -0.39 is 6.09 Å². The lowest BCUT2D eigenvalue weighted by Gasteiger charge is -2.07. The number of nitrogens with two attached hydrogens (primary N) is 1. The number of hydrogen-bond donors (Lipinski definition) is 4. The van der Waals surface area contributed by atoms with Crippen LogP contribution in [0.5, 0.6) is 0 Å². The van der Waals surface area contributed by atoms with E-state index in [0.29, 0.717) is 16.9 Å². The molecule has 0 saturated carbocycles. The van der Waals surface area contributed by atoms with Gasteiger partial charge in [0, 0.05) is 5.69 Å². The van der Waals surface area contributed by atoms with Gasteiger partial charge in [0.05, 0.1) is 17.4 Å². The van der Waals surface area contributed by atoms with Gasteiger partial charge in [-0.1, -0.05) is 12.1 Å². The molecule has 0 atom stereocenters. The molecule has 1 heterocycles. The Kier molecular flexibility index (Phi) is 3.80. The first kappa shape index (κ1) is 13.3. The molecule has 7 nitrogen and oxygen atoms in total. The van der Waals surface area contributed by atoms with Crippen LogP contribution in [-0.2, 0) is 0 Å². The fourth-order valence-corrected chi connectivity index (χ4v) is 1.55. The summed E-state index contributed by atoms with van der Waals surface area (Å²) < 4.78 is 0. The minimum atomic E-state index is -1.20. The summed E-state index contributed by atoms with van der Waals surface area (Å²) in [5.41, 5.74) is 6.88. The van der Waals surface area contributed by atoms with E-state index in [0.717, 1.165) is 0 Å². The fourth-order valence-electron chi connectivity index (χ4n) is 1.55. The Morgan fingerprint density at radius 1 is 1.10 bits per heavy atom. The molecular weight excluding hydrogens is 260 g/mol. The highest BCUT2D eigenvalue weighted by Crippen LogP contribution is 2.14. The van der Waals surface area contributed by atoms with E-state index in [2.05, 4.69) is 15.6 Å². The van der Waals surface area contributed by atoms with Crippen LogP contribution in [0, 0.1) is 0 Å². The second kappa shape index (κ2) is 5.70. The van der Waals surface area contributed by atoms with Crippen LogP contribution in [0.3, 0.4) is 0 Å². The van der Waals surface area contributed by atoms with Gasteiger partial charge < -0.3 is 16.2 Å². The van der Waals surface area contributed by atoms with E-state index in [1.807, 2.05) is 0 Å². The molecule has 102 valence electrons. The third-order valence-electron chi connectivity index (χ3n) is 2.46. The number of carboxylic acid groups (broad SMARTS) is 1. The second-order valence-corrected chi connectivity index (χ2v) is 3.90. The highest BCUT2D eigenvalue weighted by molar-refractivity contribution is 6.07. The number of pyridine rings is 1. The molecule has 1 aromatic heterocycles. The number of anilines is 3. The van der Waals surface area contributed by atoms with Gasteiger partial charge in [0.15, 0.2) is 0 Å². The maximum Gasteiger partial charge on any atom is 0.410 e. The van der Waals surface area contributed by atoms with Gasteiger partial charge in [-0.3, -0.25) is 10.1 Å². The van der Waals surface area contributed by atoms with Crippen LogP contribution in [0.4, 0.5) is 22.0 Å². The van der Waals surface area contributed by atoms with Crippen LogP contribution < -0.4 is 16.4 Å². The predicted molar refractivity (Wildman–Crippen MR) is 74.7 cm³/mol. The predicted octanol–water partition coefficient (Wildman–Crippen LogP) is 2.01. The van der Waals surface area contributed by atoms with Crippen molar-refractivity contribution >= 4 is 29.2 Å². The number of carbonyl (C=O) groups excluding carboxylic acids is 1. The average Bonchev–Trinajstić information content (AvgIpc) is 2.41. The number of benzene rings is 1. The maximum absolute atomic E-state index is 12.0. The van der Waals surface area contributed by atoms with Gasteiger partial charge >= 0.3 is 6.09 Å². The number of hydrogen-bond acceptors (Lipinski definition) is 4. The van der Waals surface area contributed by atoms with E-state index in [1.54, 1.807) is 24.3 Å². The Bertz CT molecular complexity index is 640. The summed E-state index contributed by atoms with van der Waals surface area (Å²) in [6.45, 7) is 0. The van der Waals surface area contributed by atoms with Gasteiger partial charge in [0.2, 0.25) is 0 Å². The van der Waals surface area contributed by atoms with Gasteiger partial charge in [0.1, 0.15) is 5.82 Å². The fraction of sp³-hybridized carbons (Fsp3) is 0. The van der Waals surface area contributed by atoms with Crippen LogP contribution in [-0.4, -0.2) is 22.1 Å². The normalized spacial score (nSPS) is 9.80. The van der Waals surface area contributed by atoms with E-state index >= 15 is 0 Å². The number of amides is 2. The highest BCUT2D eigenvalue weighted by atomic mass is 16.4. The van der Waals surface area contributed by atoms with Crippen molar-refractivity contribution in [3.63, 3.8) is 0 Å². The van der Waals surface area contributed by atoms with Crippen molar-refractivity contribution < 1.29 is 14.7 Å². The number of carbonyl (C=O) groups is 2. The third-order valence-corrected chi connectivity index (χ3v) is 2.46. The Labute approximate surface area is 114 Å². The zero-order valence-electron chi connectivity index (χ0n) is 10.3. The molecule has 0 aliphatic carbocycles. The number of nitrogen functional groups attached to an aromatic ring is 1. The lowest BCUT2D eigenvalue weighted by Crippen LogP contribution is -2.14. The summed E-state index contributed by atoms with van der Waals surface area (Å²) in [5, 5.41) is 13.2. The molecule has 2 rings (SSSR count). The maximum atomic E-state index is 12.0. The van der Waals surface area contributed by atoms with E-state index in [9.17, 15) is 9.59 Å². The van der Waals surface area contributed by atoms with Gasteiger partial charge in [-0.2, -0.15) is 0 Å². The quantitative estimate of drug-likeness (QED) is 0.637. The lowest BCUT2D eigenvalue weighted by atomic mass is 10.1. The van der Waals surface area contributed by atoms with Gasteiger partial charge in [-0.25, -0.2) is 9.78 Å². The van der Waals surface area contributed by atoms with E-state index in [-0.39, 0.29) is 11.7 Å². The molecule has 7 heteroatoms. The Balaban J connectivity index is 2.09. The van der Waals surface area contributed by atoms with Gasteiger partial charge in [0.25, 0.3) is 5.91 Å². The number of rotatable bonds is 3. The van der Waals surface area contributed by atoms with Crippen molar-refractivity contribution in [2.24, 2.45) is 0 Å². The summed E-state index contributed by atoms with van der Waals surface area (Å²) in [7, 11) is 0. The number of para-hydroxylation sites is 1. The summed E-state index contributed by atoms with van der Waals surface area (Å²) in [6.07, 6.45) is 0.147. The minimum Gasteiger partial charge on any atom is -0.465 e. The zero-order valence-corrected chi connectivity index (χ0v) is 10.3. The molecule has 0 fully saturated rings. The molecule has 0 radical (unpaired) electrons. The largest absolute Gasteiger partial charge is 0.465 e. The second-order valence-electron chi connectivity index (χ2n) is 3.90. The molecule has 0 aliphatic heterocycles. The summed E-state index contributed by atoms with van der Waals surface area (Å²) >= 11 is 0. The van der Waals surface area contributed by atoms with Crippen molar-refractivity contribution in [2.75, 3.05) is 16.4 Å². The molecule has 20 heavy (non-hydrogen) atoms. The number of nitrogens with one attached hydrogen (secondary N) is 2.